The molecule has 0 fully saturated rings. The summed E-state index contributed by atoms with van der Waals surface area (Å²) in [6, 6.07) is 0. The molecule has 0 spiro atoms. The molecule has 0 radical (unpaired) electrons. The molecular formula is C7H10N2. The fraction of sp³-hybridized carbons (Fsp3) is 0.286. The van der Waals surface area contributed by atoms with Crippen LogP contribution in [-0.4, -0.2) is 19.3 Å². The quantitative estimate of drug-likeness (QED) is 0.540. The molecule has 2 nitrogen and oxygen atoms in total. The van der Waals surface area contributed by atoms with Gasteiger partial charge in [0.05, 0.1) is 6.54 Å². The van der Waals surface area contributed by atoms with E-state index in [4.69, 9.17) is 5.73 Å². The largest absolute Gasteiger partial charge is 0.327 e. The van der Waals surface area contributed by atoms with Crippen molar-refractivity contribution in [1.29, 1.82) is 0 Å². The molecule has 0 saturated carbocycles. The molecule has 48 valence electrons. The summed E-state index contributed by atoms with van der Waals surface area (Å²) in [5.74, 6) is 0. The maximum absolute atomic E-state index is 5.40. The van der Waals surface area contributed by atoms with Crippen LogP contribution in [0.2, 0.25) is 0 Å². The smallest absolute Gasteiger partial charge is 0.0576 e. The standard InChI is InChI=1S/C7H10N2/c8-6-7-2-1-4-9-5-3-7/h1-4H,5-6,8H2. The molecule has 0 atom stereocenters. The van der Waals surface area contributed by atoms with Gasteiger partial charge in [-0.25, -0.2) is 0 Å². The minimum Gasteiger partial charge on any atom is -0.327 e. The lowest BCUT2D eigenvalue weighted by Gasteiger charge is -1.90. The third-order valence-corrected chi connectivity index (χ3v) is 1.20. The van der Waals surface area contributed by atoms with Crippen LogP contribution in [0.15, 0.2) is 28.8 Å². The molecule has 0 saturated heterocycles. The molecule has 0 unspecified atom stereocenters. The highest BCUT2D eigenvalue weighted by Crippen LogP contribution is 1.95. The van der Waals surface area contributed by atoms with Crippen LogP contribution in [0.1, 0.15) is 0 Å². The Hall–Kier alpha value is -0.890. The van der Waals surface area contributed by atoms with Gasteiger partial charge >= 0.3 is 0 Å². The van der Waals surface area contributed by atoms with Crippen LogP contribution in [0.4, 0.5) is 0 Å². The van der Waals surface area contributed by atoms with Crippen LogP contribution in [0.25, 0.3) is 0 Å². The van der Waals surface area contributed by atoms with Gasteiger partial charge in [-0.05, 0) is 11.6 Å². The third kappa shape index (κ3) is 1.82. The molecule has 1 aliphatic heterocycles. The fourth-order valence-electron chi connectivity index (χ4n) is 0.678. The lowest BCUT2D eigenvalue weighted by Crippen LogP contribution is -2.00. The topological polar surface area (TPSA) is 38.4 Å². The summed E-state index contributed by atoms with van der Waals surface area (Å²) in [5.41, 5.74) is 6.56. The van der Waals surface area contributed by atoms with Crippen molar-refractivity contribution >= 4 is 6.21 Å². The summed E-state index contributed by atoms with van der Waals surface area (Å²) in [5, 5.41) is 0. The van der Waals surface area contributed by atoms with Gasteiger partial charge < -0.3 is 5.73 Å². The van der Waals surface area contributed by atoms with E-state index < -0.39 is 0 Å². The van der Waals surface area contributed by atoms with E-state index in [1.54, 1.807) is 6.21 Å². The average molecular weight is 122 g/mol. The average Bonchev–Trinajstić information content (AvgIpc) is 2.13. The zero-order valence-corrected chi connectivity index (χ0v) is 5.25. The van der Waals surface area contributed by atoms with Gasteiger partial charge in [-0.3, -0.25) is 4.99 Å². The van der Waals surface area contributed by atoms with Crippen molar-refractivity contribution in [2.45, 2.75) is 0 Å². The number of hydrogen-bond acceptors (Lipinski definition) is 2. The maximum atomic E-state index is 5.40. The number of rotatable bonds is 1. The molecule has 2 N–H and O–H groups in total. The van der Waals surface area contributed by atoms with Gasteiger partial charge in [0.2, 0.25) is 0 Å². The van der Waals surface area contributed by atoms with Gasteiger partial charge in [-0.1, -0.05) is 12.2 Å². The van der Waals surface area contributed by atoms with Crippen molar-refractivity contribution in [3.05, 3.63) is 23.8 Å². The van der Waals surface area contributed by atoms with Crippen LogP contribution >= 0.6 is 0 Å². The van der Waals surface area contributed by atoms with Crippen molar-refractivity contribution in [3.8, 4) is 0 Å². The van der Waals surface area contributed by atoms with Crippen molar-refractivity contribution in [2.75, 3.05) is 13.1 Å². The van der Waals surface area contributed by atoms with Crippen LogP contribution in [0.3, 0.4) is 0 Å². The minimum absolute atomic E-state index is 0.611. The fourth-order valence-corrected chi connectivity index (χ4v) is 0.678. The summed E-state index contributed by atoms with van der Waals surface area (Å²) in [7, 11) is 0. The monoisotopic (exact) mass is 122 g/mol. The molecule has 0 aliphatic carbocycles. The minimum atomic E-state index is 0.611. The zero-order chi connectivity index (χ0) is 6.53. The number of allylic oxidation sites excluding steroid dienone is 1. The SMILES string of the molecule is NCC1=CCN=CC=C1. The number of hydrogen-bond donors (Lipinski definition) is 1. The van der Waals surface area contributed by atoms with E-state index in [0.29, 0.717) is 6.54 Å². The predicted octanol–water partition coefficient (Wildman–Crippen LogP) is 0.512. The van der Waals surface area contributed by atoms with Gasteiger partial charge in [0.15, 0.2) is 0 Å². The second-order valence-corrected chi connectivity index (χ2v) is 1.86. The van der Waals surface area contributed by atoms with Crippen molar-refractivity contribution in [1.82, 2.24) is 0 Å². The van der Waals surface area contributed by atoms with Gasteiger partial charge in [-0.15, -0.1) is 0 Å². The summed E-state index contributed by atoms with van der Waals surface area (Å²) < 4.78 is 0. The maximum Gasteiger partial charge on any atom is 0.0576 e. The Morgan fingerprint density at radius 3 is 3.33 bits per heavy atom. The van der Waals surface area contributed by atoms with E-state index >= 15 is 0 Å². The first-order valence-electron chi connectivity index (χ1n) is 2.99. The Morgan fingerprint density at radius 2 is 2.56 bits per heavy atom. The van der Waals surface area contributed by atoms with E-state index in [9.17, 15) is 0 Å². The summed E-state index contributed by atoms with van der Waals surface area (Å²) in [6.07, 6.45) is 7.71. The Bertz CT molecular complexity index is 166. The summed E-state index contributed by atoms with van der Waals surface area (Å²) in [6.45, 7) is 1.37. The molecule has 0 aromatic carbocycles. The number of nitrogens with two attached hydrogens (primary N) is 1. The van der Waals surface area contributed by atoms with Gasteiger partial charge in [0.25, 0.3) is 0 Å². The van der Waals surface area contributed by atoms with Crippen LogP contribution in [0.5, 0.6) is 0 Å². The van der Waals surface area contributed by atoms with Crippen LogP contribution < -0.4 is 5.73 Å². The molecule has 9 heavy (non-hydrogen) atoms. The van der Waals surface area contributed by atoms with E-state index in [0.717, 1.165) is 12.1 Å². The second kappa shape index (κ2) is 3.20. The first-order chi connectivity index (χ1) is 4.43. The van der Waals surface area contributed by atoms with E-state index in [1.807, 2.05) is 18.2 Å². The lowest BCUT2D eigenvalue weighted by atomic mass is 10.2. The highest BCUT2D eigenvalue weighted by molar-refractivity contribution is 5.72. The Balaban J connectivity index is 2.63. The molecule has 0 bridgehead atoms. The van der Waals surface area contributed by atoms with E-state index in [1.165, 1.54) is 0 Å². The van der Waals surface area contributed by atoms with Crippen LogP contribution in [-0.2, 0) is 0 Å². The van der Waals surface area contributed by atoms with E-state index in [2.05, 4.69) is 4.99 Å². The number of nitrogens with zero attached hydrogens (tertiary/aromatic N) is 1. The van der Waals surface area contributed by atoms with Crippen molar-refractivity contribution in [3.63, 3.8) is 0 Å². The molecular weight excluding hydrogens is 112 g/mol. The van der Waals surface area contributed by atoms with Gasteiger partial charge in [0, 0.05) is 12.8 Å². The molecule has 0 aromatic rings. The first-order valence-corrected chi connectivity index (χ1v) is 2.99. The highest BCUT2D eigenvalue weighted by Gasteiger charge is 1.87. The Kier molecular flexibility index (Phi) is 2.22. The van der Waals surface area contributed by atoms with Gasteiger partial charge in [-0.2, -0.15) is 0 Å². The molecule has 0 aromatic heterocycles. The second-order valence-electron chi connectivity index (χ2n) is 1.86. The van der Waals surface area contributed by atoms with E-state index in [-0.39, 0.29) is 0 Å². The van der Waals surface area contributed by atoms with Crippen molar-refractivity contribution < 1.29 is 0 Å². The highest BCUT2D eigenvalue weighted by atomic mass is 14.7. The molecule has 1 heterocycles. The van der Waals surface area contributed by atoms with Gasteiger partial charge in [0.1, 0.15) is 0 Å². The number of aliphatic imine (C=N–C) groups is 1. The normalized spacial score (nSPS) is 17.2. The third-order valence-electron chi connectivity index (χ3n) is 1.20. The Morgan fingerprint density at radius 1 is 1.67 bits per heavy atom. The first kappa shape index (κ1) is 6.23. The van der Waals surface area contributed by atoms with Crippen molar-refractivity contribution in [2.24, 2.45) is 10.7 Å². The summed E-state index contributed by atoms with van der Waals surface area (Å²) in [4.78, 5) is 4.03. The summed E-state index contributed by atoms with van der Waals surface area (Å²) >= 11 is 0. The van der Waals surface area contributed by atoms with Crippen LogP contribution in [0, 0.1) is 0 Å². The predicted molar refractivity (Wildman–Crippen MR) is 39.6 cm³/mol. The molecule has 1 aliphatic rings. The molecule has 2 heteroatoms. The molecule has 0 amide bonds. The lowest BCUT2D eigenvalue weighted by molar-refractivity contribution is 1.15. The molecule has 1 rings (SSSR count). The Labute approximate surface area is 54.8 Å². The zero-order valence-electron chi connectivity index (χ0n) is 5.25.